The van der Waals surface area contributed by atoms with Crippen molar-refractivity contribution in [2.24, 2.45) is 0 Å². The first kappa shape index (κ1) is 12.1. The molecular formula is C10H22N2OS. The average molecular weight is 218 g/mol. The first-order valence-corrected chi connectivity index (χ1v) is 7.07. The summed E-state index contributed by atoms with van der Waals surface area (Å²) < 4.78 is 11.2. The third kappa shape index (κ3) is 4.53. The summed E-state index contributed by atoms with van der Waals surface area (Å²) in [4.78, 5) is 2.48. The molecule has 0 bridgehead atoms. The largest absolute Gasteiger partial charge is 0.315 e. The summed E-state index contributed by atoms with van der Waals surface area (Å²) >= 11 is 0. The van der Waals surface area contributed by atoms with Crippen LogP contribution in [-0.2, 0) is 10.8 Å². The third-order valence-corrected chi connectivity index (χ3v) is 4.22. The standard InChI is InChI=1S/C10H22N2OS/c1-10(14(2)13)4-8-12-7-3-5-11-6-9-12/h10-11H,3-9H2,1-2H3. The van der Waals surface area contributed by atoms with Gasteiger partial charge in [0.25, 0.3) is 0 Å². The fourth-order valence-electron chi connectivity index (χ4n) is 1.66. The van der Waals surface area contributed by atoms with Gasteiger partial charge < -0.3 is 10.2 Å². The van der Waals surface area contributed by atoms with Crippen molar-refractivity contribution in [3.8, 4) is 0 Å². The molecule has 1 saturated heterocycles. The van der Waals surface area contributed by atoms with Gasteiger partial charge in [0.05, 0.1) is 0 Å². The molecule has 1 aliphatic heterocycles. The van der Waals surface area contributed by atoms with E-state index < -0.39 is 10.8 Å². The van der Waals surface area contributed by atoms with Crippen LogP contribution in [0.1, 0.15) is 19.8 Å². The van der Waals surface area contributed by atoms with Gasteiger partial charge in [-0.05, 0) is 32.5 Å². The van der Waals surface area contributed by atoms with Crippen LogP contribution in [0, 0.1) is 0 Å². The van der Waals surface area contributed by atoms with Crippen molar-refractivity contribution in [2.45, 2.75) is 25.0 Å². The Labute approximate surface area is 89.7 Å². The molecule has 2 unspecified atom stereocenters. The summed E-state index contributed by atoms with van der Waals surface area (Å²) in [7, 11) is -0.661. The molecule has 3 nitrogen and oxygen atoms in total. The van der Waals surface area contributed by atoms with Crippen molar-refractivity contribution in [2.75, 3.05) is 39.0 Å². The second kappa shape index (κ2) is 6.53. The molecule has 1 N–H and O–H groups in total. The zero-order chi connectivity index (χ0) is 10.4. The van der Waals surface area contributed by atoms with Gasteiger partial charge in [-0.2, -0.15) is 0 Å². The Hall–Kier alpha value is 0.0700. The van der Waals surface area contributed by atoms with E-state index in [0.717, 1.165) is 32.6 Å². The van der Waals surface area contributed by atoms with Crippen LogP contribution >= 0.6 is 0 Å². The molecule has 0 aromatic carbocycles. The van der Waals surface area contributed by atoms with Crippen LogP contribution in [0.5, 0.6) is 0 Å². The highest BCUT2D eigenvalue weighted by Crippen LogP contribution is 2.03. The van der Waals surface area contributed by atoms with E-state index in [-0.39, 0.29) is 0 Å². The Morgan fingerprint density at radius 2 is 2.21 bits per heavy atom. The highest BCUT2D eigenvalue weighted by molar-refractivity contribution is 7.84. The minimum absolute atomic E-state index is 0.339. The molecule has 0 saturated carbocycles. The topological polar surface area (TPSA) is 32.3 Å². The van der Waals surface area contributed by atoms with E-state index in [4.69, 9.17) is 0 Å². The number of hydrogen-bond acceptors (Lipinski definition) is 3. The maximum atomic E-state index is 11.2. The maximum Gasteiger partial charge on any atom is 0.0329 e. The second-order valence-electron chi connectivity index (χ2n) is 4.04. The fourth-order valence-corrected chi connectivity index (χ4v) is 2.09. The summed E-state index contributed by atoms with van der Waals surface area (Å²) in [6.07, 6.45) is 4.10. The summed E-state index contributed by atoms with van der Waals surface area (Å²) in [5.74, 6) is 0. The molecule has 1 rings (SSSR count). The molecule has 0 spiro atoms. The highest BCUT2D eigenvalue weighted by Gasteiger charge is 2.11. The van der Waals surface area contributed by atoms with Gasteiger partial charge in [0.2, 0.25) is 0 Å². The molecule has 1 heterocycles. The molecule has 0 aromatic rings. The summed E-state index contributed by atoms with van der Waals surface area (Å²) in [6.45, 7) is 7.75. The van der Waals surface area contributed by atoms with Gasteiger partial charge >= 0.3 is 0 Å². The highest BCUT2D eigenvalue weighted by atomic mass is 32.2. The molecule has 1 aliphatic rings. The molecular weight excluding hydrogens is 196 g/mol. The lowest BCUT2D eigenvalue weighted by Crippen LogP contribution is -2.31. The van der Waals surface area contributed by atoms with Gasteiger partial charge in [0.15, 0.2) is 0 Å². The van der Waals surface area contributed by atoms with E-state index in [0.29, 0.717) is 5.25 Å². The zero-order valence-corrected chi connectivity index (χ0v) is 10.1. The van der Waals surface area contributed by atoms with Crippen molar-refractivity contribution in [1.82, 2.24) is 10.2 Å². The van der Waals surface area contributed by atoms with Crippen molar-refractivity contribution >= 4 is 10.8 Å². The number of nitrogens with zero attached hydrogens (tertiary/aromatic N) is 1. The molecule has 14 heavy (non-hydrogen) atoms. The molecule has 0 radical (unpaired) electrons. The van der Waals surface area contributed by atoms with E-state index in [1.54, 1.807) is 6.26 Å². The van der Waals surface area contributed by atoms with Crippen LogP contribution in [0.3, 0.4) is 0 Å². The van der Waals surface area contributed by atoms with E-state index in [1.165, 1.54) is 13.0 Å². The third-order valence-electron chi connectivity index (χ3n) is 2.85. The first-order chi connectivity index (χ1) is 6.70. The van der Waals surface area contributed by atoms with Crippen LogP contribution < -0.4 is 5.32 Å². The fraction of sp³-hybridized carbons (Fsp3) is 1.00. The Bertz CT molecular complexity index is 179. The maximum absolute atomic E-state index is 11.2. The summed E-state index contributed by atoms with van der Waals surface area (Å²) in [5.41, 5.74) is 0. The zero-order valence-electron chi connectivity index (χ0n) is 9.29. The normalized spacial score (nSPS) is 24.1. The lowest BCUT2D eigenvalue weighted by Gasteiger charge is -2.20. The molecule has 84 valence electrons. The van der Waals surface area contributed by atoms with Gasteiger partial charge in [-0.3, -0.25) is 4.21 Å². The average Bonchev–Trinajstić information content (AvgIpc) is 2.42. The Morgan fingerprint density at radius 1 is 1.43 bits per heavy atom. The van der Waals surface area contributed by atoms with Gasteiger partial charge in [-0.15, -0.1) is 0 Å². The Kier molecular flexibility index (Phi) is 5.67. The lowest BCUT2D eigenvalue weighted by atomic mass is 10.3. The molecule has 0 aliphatic carbocycles. The van der Waals surface area contributed by atoms with Gasteiger partial charge in [0.1, 0.15) is 0 Å². The number of nitrogens with one attached hydrogen (secondary N) is 1. The SMILES string of the molecule is CC(CCN1CCCNCC1)S(C)=O. The van der Waals surface area contributed by atoms with Crippen LogP contribution in [0.15, 0.2) is 0 Å². The van der Waals surface area contributed by atoms with E-state index in [2.05, 4.69) is 17.1 Å². The number of hydrogen-bond donors (Lipinski definition) is 1. The van der Waals surface area contributed by atoms with Gasteiger partial charge in [-0.1, -0.05) is 6.92 Å². The van der Waals surface area contributed by atoms with Crippen molar-refractivity contribution in [3.05, 3.63) is 0 Å². The van der Waals surface area contributed by atoms with E-state index in [1.807, 2.05) is 0 Å². The summed E-state index contributed by atoms with van der Waals surface area (Å²) in [5, 5.41) is 3.73. The lowest BCUT2D eigenvalue weighted by molar-refractivity contribution is 0.288. The quantitative estimate of drug-likeness (QED) is 0.743. The van der Waals surface area contributed by atoms with Crippen LogP contribution in [-0.4, -0.2) is 53.3 Å². The molecule has 0 aromatic heterocycles. The van der Waals surface area contributed by atoms with E-state index >= 15 is 0 Å². The monoisotopic (exact) mass is 218 g/mol. The van der Waals surface area contributed by atoms with Crippen LogP contribution in [0.4, 0.5) is 0 Å². The second-order valence-corrected chi connectivity index (χ2v) is 5.85. The van der Waals surface area contributed by atoms with Gasteiger partial charge in [-0.25, -0.2) is 0 Å². The van der Waals surface area contributed by atoms with Gasteiger partial charge in [0, 0.05) is 35.4 Å². The molecule has 1 fully saturated rings. The predicted octanol–water partition coefficient (Wildman–Crippen LogP) is 0.439. The van der Waals surface area contributed by atoms with Crippen LogP contribution in [0.2, 0.25) is 0 Å². The predicted molar refractivity (Wildman–Crippen MR) is 62.1 cm³/mol. The minimum atomic E-state index is -0.661. The smallest absolute Gasteiger partial charge is 0.0329 e. The van der Waals surface area contributed by atoms with E-state index in [9.17, 15) is 4.21 Å². The Morgan fingerprint density at radius 3 is 2.93 bits per heavy atom. The van der Waals surface area contributed by atoms with Crippen LogP contribution in [0.25, 0.3) is 0 Å². The molecule has 2 atom stereocenters. The van der Waals surface area contributed by atoms with Crippen molar-refractivity contribution in [3.63, 3.8) is 0 Å². The summed E-state index contributed by atoms with van der Waals surface area (Å²) in [6, 6.07) is 0. The minimum Gasteiger partial charge on any atom is -0.315 e. The Balaban J connectivity index is 2.18. The molecule has 4 heteroatoms. The van der Waals surface area contributed by atoms with Crippen molar-refractivity contribution in [1.29, 1.82) is 0 Å². The first-order valence-electron chi connectivity index (χ1n) is 5.45. The van der Waals surface area contributed by atoms with Crippen molar-refractivity contribution < 1.29 is 4.21 Å². The molecule has 0 amide bonds. The number of rotatable bonds is 4.